The van der Waals surface area contributed by atoms with Crippen LogP contribution in [0.15, 0.2) is 36.4 Å². The molecular weight excluding hydrogens is 282 g/mol. The van der Waals surface area contributed by atoms with Crippen LogP contribution in [0.4, 0.5) is 0 Å². The largest absolute Gasteiger partial charge is 0.480 e. The minimum atomic E-state index is -1.07. The molecule has 0 fully saturated rings. The minimum absolute atomic E-state index is 0.197. The number of aromatic nitrogens is 2. The lowest BCUT2D eigenvalue weighted by Gasteiger charge is -2.13. The third-order valence-corrected chi connectivity index (χ3v) is 3.34. The second-order valence-corrected chi connectivity index (χ2v) is 5.42. The third kappa shape index (κ3) is 3.94. The molecule has 0 aliphatic heterocycles. The fourth-order valence-electron chi connectivity index (χ4n) is 2.03. The number of carboxylic acid groups (broad SMARTS) is 1. The van der Waals surface area contributed by atoms with Crippen molar-refractivity contribution in [2.45, 2.75) is 32.2 Å². The molecule has 6 nitrogen and oxygen atoms in total. The number of carbonyl (C=O) groups is 2. The van der Waals surface area contributed by atoms with Crippen molar-refractivity contribution in [3.63, 3.8) is 0 Å². The lowest BCUT2D eigenvalue weighted by atomic mass is 10.1. The van der Waals surface area contributed by atoms with Gasteiger partial charge in [-0.05, 0) is 17.5 Å². The zero-order chi connectivity index (χ0) is 16.1. The molecule has 116 valence electrons. The number of nitrogens with one attached hydrogen (secondary N) is 2. The van der Waals surface area contributed by atoms with Gasteiger partial charge in [-0.25, -0.2) is 4.79 Å². The number of H-pyrrole nitrogens is 1. The van der Waals surface area contributed by atoms with Gasteiger partial charge in [0.2, 0.25) is 0 Å². The maximum absolute atomic E-state index is 12.1. The summed E-state index contributed by atoms with van der Waals surface area (Å²) in [4.78, 5) is 23.5. The molecule has 1 atom stereocenters. The molecule has 0 bridgehead atoms. The van der Waals surface area contributed by atoms with Crippen molar-refractivity contribution in [2.24, 2.45) is 0 Å². The van der Waals surface area contributed by atoms with Crippen molar-refractivity contribution in [2.75, 3.05) is 0 Å². The van der Waals surface area contributed by atoms with Gasteiger partial charge in [0.05, 0.1) is 0 Å². The number of amides is 1. The van der Waals surface area contributed by atoms with Crippen LogP contribution in [-0.4, -0.2) is 33.2 Å². The number of hydrogen-bond acceptors (Lipinski definition) is 3. The molecule has 0 radical (unpaired) electrons. The monoisotopic (exact) mass is 301 g/mol. The van der Waals surface area contributed by atoms with Gasteiger partial charge < -0.3 is 10.4 Å². The lowest BCUT2D eigenvalue weighted by Crippen LogP contribution is -2.42. The molecule has 2 aromatic rings. The van der Waals surface area contributed by atoms with Crippen LogP contribution < -0.4 is 5.32 Å². The maximum Gasteiger partial charge on any atom is 0.326 e. The molecule has 1 amide bonds. The highest BCUT2D eigenvalue weighted by atomic mass is 16.4. The zero-order valence-corrected chi connectivity index (χ0v) is 12.5. The summed E-state index contributed by atoms with van der Waals surface area (Å²) in [5, 5.41) is 18.5. The van der Waals surface area contributed by atoms with Gasteiger partial charge in [-0.3, -0.25) is 9.89 Å². The first-order chi connectivity index (χ1) is 10.5. The van der Waals surface area contributed by atoms with Crippen molar-refractivity contribution in [3.8, 4) is 0 Å². The summed E-state index contributed by atoms with van der Waals surface area (Å²) in [7, 11) is 0. The molecular formula is C16H19N3O3. The molecule has 22 heavy (non-hydrogen) atoms. The van der Waals surface area contributed by atoms with Gasteiger partial charge in [0, 0.05) is 12.1 Å². The average molecular weight is 301 g/mol. The Bertz CT molecular complexity index is 650. The van der Waals surface area contributed by atoms with Crippen molar-refractivity contribution >= 4 is 11.9 Å². The second-order valence-electron chi connectivity index (χ2n) is 5.42. The van der Waals surface area contributed by atoms with Crippen LogP contribution in [0.2, 0.25) is 0 Å². The molecule has 3 N–H and O–H groups in total. The highest BCUT2D eigenvalue weighted by Crippen LogP contribution is 2.12. The van der Waals surface area contributed by atoms with Crippen LogP contribution in [-0.2, 0) is 11.2 Å². The molecule has 0 aliphatic rings. The van der Waals surface area contributed by atoms with Gasteiger partial charge in [0.15, 0.2) is 0 Å². The summed E-state index contributed by atoms with van der Waals surface area (Å²) in [6.07, 6.45) is 0.226. The van der Waals surface area contributed by atoms with Crippen LogP contribution >= 0.6 is 0 Å². The van der Waals surface area contributed by atoms with Gasteiger partial charge in [0.1, 0.15) is 11.7 Å². The summed E-state index contributed by atoms with van der Waals surface area (Å²) in [5.41, 5.74) is 1.88. The Morgan fingerprint density at radius 2 is 1.95 bits per heavy atom. The van der Waals surface area contributed by atoms with E-state index in [2.05, 4.69) is 15.5 Å². The number of carbonyl (C=O) groups excluding carboxylic acids is 1. The fraction of sp³-hybridized carbons (Fsp3) is 0.312. The number of benzene rings is 1. The Balaban J connectivity index is 2.07. The summed E-state index contributed by atoms with van der Waals surface area (Å²) in [6, 6.07) is 9.82. The van der Waals surface area contributed by atoms with E-state index in [1.54, 1.807) is 6.07 Å². The minimum Gasteiger partial charge on any atom is -0.480 e. The first kappa shape index (κ1) is 15.8. The SMILES string of the molecule is CC(C)c1cc(C(=O)N[C@H](Cc2ccccc2)C(=O)O)n[nH]1. The number of hydrogen-bond donors (Lipinski definition) is 3. The van der Waals surface area contributed by atoms with E-state index in [0.29, 0.717) is 0 Å². The van der Waals surface area contributed by atoms with Crippen molar-refractivity contribution < 1.29 is 14.7 Å². The van der Waals surface area contributed by atoms with Gasteiger partial charge >= 0.3 is 5.97 Å². The van der Waals surface area contributed by atoms with E-state index in [-0.39, 0.29) is 18.0 Å². The first-order valence-corrected chi connectivity index (χ1v) is 7.10. The number of carboxylic acids is 1. The van der Waals surface area contributed by atoms with Gasteiger partial charge in [0.25, 0.3) is 5.91 Å². The fourth-order valence-corrected chi connectivity index (χ4v) is 2.03. The number of aromatic amines is 1. The van der Waals surface area contributed by atoms with E-state index >= 15 is 0 Å². The van der Waals surface area contributed by atoms with Crippen LogP contribution in [0.3, 0.4) is 0 Å². The number of rotatable bonds is 6. The topological polar surface area (TPSA) is 95.1 Å². The summed E-state index contributed by atoms with van der Waals surface area (Å²) in [6.45, 7) is 3.95. The lowest BCUT2D eigenvalue weighted by molar-refractivity contribution is -0.139. The van der Waals surface area contributed by atoms with Crippen LogP contribution in [0.1, 0.15) is 41.5 Å². The standard InChI is InChI=1S/C16H19N3O3/c1-10(2)12-9-13(19-18-12)15(20)17-14(16(21)22)8-11-6-4-3-5-7-11/h3-7,9-10,14H,8H2,1-2H3,(H,17,20)(H,18,19)(H,21,22)/t14-/m1/s1. The Hall–Kier alpha value is -2.63. The van der Waals surface area contributed by atoms with E-state index < -0.39 is 17.9 Å². The summed E-state index contributed by atoms with van der Waals surface area (Å²) < 4.78 is 0. The molecule has 1 heterocycles. The Morgan fingerprint density at radius 1 is 1.27 bits per heavy atom. The number of aliphatic carboxylic acids is 1. The van der Waals surface area contributed by atoms with Crippen LogP contribution in [0, 0.1) is 0 Å². The molecule has 1 aromatic carbocycles. The quantitative estimate of drug-likeness (QED) is 0.760. The van der Waals surface area contributed by atoms with Gasteiger partial charge in [-0.2, -0.15) is 5.10 Å². The molecule has 1 aromatic heterocycles. The van der Waals surface area contributed by atoms with Crippen LogP contribution in [0.5, 0.6) is 0 Å². The third-order valence-electron chi connectivity index (χ3n) is 3.34. The normalized spacial score (nSPS) is 12.1. The predicted molar refractivity (Wildman–Crippen MR) is 81.7 cm³/mol. The maximum atomic E-state index is 12.1. The Kier molecular flexibility index (Phi) is 4.93. The molecule has 0 saturated heterocycles. The molecule has 2 rings (SSSR count). The van der Waals surface area contributed by atoms with Gasteiger partial charge in [-0.1, -0.05) is 44.2 Å². The van der Waals surface area contributed by atoms with Crippen molar-refractivity contribution in [1.29, 1.82) is 0 Å². The predicted octanol–water partition coefficient (Wildman–Crippen LogP) is 1.96. The molecule has 0 saturated carbocycles. The average Bonchev–Trinajstić information content (AvgIpc) is 2.97. The number of nitrogens with zero attached hydrogens (tertiary/aromatic N) is 1. The molecule has 0 spiro atoms. The summed E-state index contributed by atoms with van der Waals surface area (Å²) >= 11 is 0. The highest BCUT2D eigenvalue weighted by molar-refractivity contribution is 5.95. The first-order valence-electron chi connectivity index (χ1n) is 7.10. The van der Waals surface area contributed by atoms with Crippen molar-refractivity contribution in [1.82, 2.24) is 15.5 Å². The Labute approximate surface area is 128 Å². The molecule has 0 unspecified atom stereocenters. The molecule has 0 aliphatic carbocycles. The van der Waals surface area contributed by atoms with E-state index in [1.165, 1.54) is 0 Å². The van der Waals surface area contributed by atoms with E-state index in [4.69, 9.17) is 0 Å². The van der Waals surface area contributed by atoms with Crippen LogP contribution in [0.25, 0.3) is 0 Å². The smallest absolute Gasteiger partial charge is 0.326 e. The van der Waals surface area contributed by atoms with E-state index in [1.807, 2.05) is 44.2 Å². The van der Waals surface area contributed by atoms with E-state index in [0.717, 1.165) is 11.3 Å². The molecule has 6 heteroatoms. The van der Waals surface area contributed by atoms with Gasteiger partial charge in [-0.15, -0.1) is 0 Å². The summed E-state index contributed by atoms with van der Waals surface area (Å²) in [5.74, 6) is -1.35. The van der Waals surface area contributed by atoms with E-state index in [9.17, 15) is 14.7 Å². The Morgan fingerprint density at radius 3 is 2.50 bits per heavy atom. The zero-order valence-electron chi connectivity index (χ0n) is 12.5. The second kappa shape index (κ2) is 6.89. The van der Waals surface area contributed by atoms with Crippen molar-refractivity contribution in [3.05, 3.63) is 53.3 Å². The highest BCUT2D eigenvalue weighted by Gasteiger charge is 2.22.